The van der Waals surface area contributed by atoms with Crippen LogP contribution in [-0.4, -0.2) is 41.4 Å². The predicted octanol–water partition coefficient (Wildman–Crippen LogP) is 1.45. The average Bonchev–Trinajstić information content (AvgIpc) is 3.07. The van der Waals surface area contributed by atoms with Crippen molar-refractivity contribution in [1.29, 1.82) is 0 Å². The van der Waals surface area contributed by atoms with Gasteiger partial charge in [0.2, 0.25) is 5.95 Å². The molecule has 0 N–H and O–H groups in total. The highest BCUT2D eigenvalue weighted by Crippen LogP contribution is 2.25. The van der Waals surface area contributed by atoms with E-state index in [-0.39, 0.29) is 5.69 Å². The Bertz CT molecular complexity index is 1000. The number of anilines is 1. The van der Waals surface area contributed by atoms with E-state index in [0.717, 1.165) is 28.9 Å². The zero-order valence-corrected chi connectivity index (χ0v) is 14.3. The Morgan fingerprint density at radius 1 is 1.27 bits per heavy atom. The molecule has 0 fully saturated rings. The maximum atomic E-state index is 10.9. The monoisotopic (exact) mass is 352 g/mol. The van der Waals surface area contributed by atoms with Crippen molar-refractivity contribution in [3.63, 3.8) is 0 Å². The van der Waals surface area contributed by atoms with Gasteiger partial charge in [0.25, 0.3) is 0 Å². The summed E-state index contributed by atoms with van der Waals surface area (Å²) in [6.07, 6.45) is 5.62. The van der Waals surface area contributed by atoms with Crippen molar-refractivity contribution in [2.45, 2.75) is 19.9 Å². The van der Waals surface area contributed by atoms with Crippen molar-refractivity contribution in [3.05, 3.63) is 51.7 Å². The van der Waals surface area contributed by atoms with Crippen molar-refractivity contribution in [2.24, 2.45) is 7.05 Å². The maximum absolute atomic E-state index is 10.9. The van der Waals surface area contributed by atoms with Crippen molar-refractivity contribution < 1.29 is 4.92 Å². The van der Waals surface area contributed by atoms with Crippen LogP contribution < -0.4 is 4.90 Å². The van der Waals surface area contributed by atoms with Gasteiger partial charge in [0.1, 0.15) is 11.9 Å². The lowest BCUT2D eigenvalue weighted by molar-refractivity contribution is -0.386. The standard InChI is InChI=1S/C16H16N8O2/c1-10-15(24(25)26)7-17-16(19-10)23-4-3-13-11(9-23)5-14(21-20-13)12-6-18-22(2)8-12/h5-8H,3-4,9H2,1-2H3. The second-order valence-corrected chi connectivity index (χ2v) is 6.17. The second kappa shape index (κ2) is 6.14. The van der Waals surface area contributed by atoms with Crippen molar-refractivity contribution in [2.75, 3.05) is 11.4 Å². The van der Waals surface area contributed by atoms with Crippen LogP contribution in [0.4, 0.5) is 11.6 Å². The highest BCUT2D eigenvalue weighted by atomic mass is 16.6. The van der Waals surface area contributed by atoms with Crippen LogP contribution in [0.5, 0.6) is 0 Å². The summed E-state index contributed by atoms with van der Waals surface area (Å²) in [7, 11) is 1.85. The molecular weight excluding hydrogens is 336 g/mol. The summed E-state index contributed by atoms with van der Waals surface area (Å²) in [6, 6.07) is 2.00. The minimum atomic E-state index is -0.472. The third-order valence-corrected chi connectivity index (χ3v) is 4.36. The van der Waals surface area contributed by atoms with Crippen LogP contribution >= 0.6 is 0 Å². The molecule has 0 radical (unpaired) electrons. The topological polar surface area (TPSA) is 116 Å². The molecule has 10 heteroatoms. The van der Waals surface area contributed by atoms with Crippen molar-refractivity contribution >= 4 is 11.6 Å². The molecule has 0 aromatic carbocycles. The van der Waals surface area contributed by atoms with Gasteiger partial charge in [-0.25, -0.2) is 9.97 Å². The molecule has 3 aromatic heterocycles. The number of rotatable bonds is 3. The summed E-state index contributed by atoms with van der Waals surface area (Å²) in [5.41, 5.74) is 3.95. The van der Waals surface area contributed by atoms with Gasteiger partial charge >= 0.3 is 5.69 Å². The summed E-state index contributed by atoms with van der Waals surface area (Å²) >= 11 is 0. The Kier molecular flexibility index (Phi) is 3.79. The largest absolute Gasteiger partial charge is 0.336 e. The molecule has 3 aromatic rings. The minimum absolute atomic E-state index is 0.0732. The Hall–Kier alpha value is -3.43. The molecule has 10 nitrogen and oxygen atoms in total. The van der Waals surface area contributed by atoms with Gasteiger partial charge in [-0.05, 0) is 18.6 Å². The van der Waals surface area contributed by atoms with Gasteiger partial charge < -0.3 is 4.90 Å². The van der Waals surface area contributed by atoms with Gasteiger partial charge in [-0.2, -0.15) is 15.3 Å². The molecular formula is C16H16N8O2. The lowest BCUT2D eigenvalue weighted by Crippen LogP contribution is -2.32. The zero-order valence-electron chi connectivity index (χ0n) is 14.3. The van der Waals surface area contributed by atoms with Gasteiger partial charge in [-0.1, -0.05) is 0 Å². The number of aryl methyl sites for hydroxylation is 2. The third kappa shape index (κ3) is 2.85. The molecule has 0 spiro atoms. The summed E-state index contributed by atoms with van der Waals surface area (Å²) < 4.78 is 1.72. The second-order valence-electron chi connectivity index (χ2n) is 6.17. The zero-order chi connectivity index (χ0) is 18.3. The van der Waals surface area contributed by atoms with E-state index in [0.29, 0.717) is 24.7 Å². The van der Waals surface area contributed by atoms with Gasteiger partial charge in [0, 0.05) is 38.3 Å². The summed E-state index contributed by atoms with van der Waals surface area (Å²) in [6.45, 7) is 2.88. The summed E-state index contributed by atoms with van der Waals surface area (Å²) in [4.78, 5) is 20.9. The first-order valence-electron chi connectivity index (χ1n) is 8.09. The average molecular weight is 352 g/mol. The Morgan fingerprint density at radius 3 is 2.81 bits per heavy atom. The molecule has 26 heavy (non-hydrogen) atoms. The van der Waals surface area contributed by atoms with E-state index in [1.165, 1.54) is 6.20 Å². The van der Waals surface area contributed by atoms with Crippen LogP contribution in [0.3, 0.4) is 0 Å². The lowest BCUT2D eigenvalue weighted by Gasteiger charge is -2.28. The number of hydrogen-bond donors (Lipinski definition) is 0. The van der Waals surface area contributed by atoms with E-state index in [4.69, 9.17) is 0 Å². The first-order chi connectivity index (χ1) is 12.5. The molecule has 0 aliphatic carbocycles. The lowest BCUT2D eigenvalue weighted by atomic mass is 10.0. The van der Waals surface area contributed by atoms with Crippen LogP contribution in [0, 0.1) is 17.0 Å². The van der Waals surface area contributed by atoms with Gasteiger partial charge in [0.15, 0.2) is 0 Å². The minimum Gasteiger partial charge on any atom is -0.336 e. The van der Waals surface area contributed by atoms with Crippen molar-refractivity contribution in [1.82, 2.24) is 29.9 Å². The van der Waals surface area contributed by atoms with Crippen LogP contribution in [-0.2, 0) is 20.0 Å². The van der Waals surface area contributed by atoms with Gasteiger partial charge in [-0.3, -0.25) is 14.8 Å². The molecule has 4 rings (SSSR count). The summed E-state index contributed by atoms with van der Waals surface area (Å²) in [5, 5.41) is 23.7. The number of nitrogens with zero attached hydrogens (tertiary/aromatic N) is 8. The Balaban J connectivity index is 1.63. The van der Waals surface area contributed by atoms with E-state index in [2.05, 4.69) is 25.3 Å². The van der Waals surface area contributed by atoms with Gasteiger partial charge in [-0.15, -0.1) is 0 Å². The van der Waals surface area contributed by atoms with E-state index < -0.39 is 4.92 Å². The molecule has 0 unspecified atom stereocenters. The molecule has 1 aliphatic heterocycles. The highest BCUT2D eigenvalue weighted by Gasteiger charge is 2.23. The molecule has 0 amide bonds. The maximum Gasteiger partial charge on any atom is 0.308 e. The first-order valence-corrected chi connectivity index (χ1v) is 8.09. The fourth-order valence-corrected chi connectivity index (χ4v) is 2.97. The van der Waals surface area contributed by atoms with E-state index in [1.54, 1.807) is 17.8 Å². The van der Waals surface area contributed by atoms with Crippen LogP contribution in [0.15, 0.2) is 24.7 Å². The Morgan fingerprint density at radius 2 is 2.12 bits per heavy atom. The first kappa shape index (κ1) is 16.1. The smallest absolute Gasteiger partial charge is 0.308 e. The van der Waals surface area contributed by atoms with E-state index >= 15 is 0 Å². The number of aromatic nitrogens is 6. The van der Waals surface area contributed by atoms with E-state index in [9.17, 15) is 10.1 Å². The molecule has 4 heterocycles. The fourth-order valence-electron chi connectivity index (χ4n) is 2.97. The fraction of sp³-hybridized carbons (Fsp3) is 0.312. The quantitative estimate of drug-likeness (QED) is 0.514. The predicted molar refractivity (Wildman–Crippen MR) is 92.4 cm³/mol. The summed E-state index contributed by atoms with van der Waals surface area (Å²) in [5.74, 6) is 0.485. The van der Waals surface area contributed by atoms with Crippen LogP contribution in [0.2, 0.25) is 0 Å². The van der Waals surface area contributed by atoms with Gasteiger partial charge in [0.05, 0.1) is 22.5 Å². The molecule has 0 saturated heterocycles. The molecule has 1 aliphatic rings. The third-order valence-electron chi connectivity index (χ3n) is 4.36. The highest BCUT2D eigenvalue weighted by molar-refractivity contribution is 5.58. The van der Waals surface area contributed by atoms with Crippen LogP contribution in [0.1, 0.15) is 17.0 Å². The number of hydrogen-bond acceptors (Lipinski definition) is 8. The molecule has 132 valence electrons. The number of fused-ring (bicyclic) bond motifs is 1. The molecule has 0 atom stereocenters. The molecule has 0 saturated carbocycles. The van der Waals surface area contributed by atoms with Crippen molar-refractivity contribution in [3.8, 4) is 11.3 Å². The molecule has 0 bridgehead atoms. The number of nitro groups is 1. The SMILES string of the molecule is Cc1nc(N2CCc3nnc(-c4cnn(C)c4)cc3C2)ncc1[N+](=O)[O-]. The Labute approximate surface area is 148 Å². The normalized spacial score (nSPS) is 13.5. The van der Waals surface area contributed by atoms with E-state index in [1.807, 2.05) is 24.2 Å². The van der Waals surface area contributed by atoms with Crippen LogP contribution in [0.25, 0.3) is 11.3 Å².